The number of imidazole rings is 1. The Morgan fingerprint density at radius 2 is 2.16 bits per heavy atom. The highest BCUT2D eigenvalue weighted by Gasteiger charge is 2.20. The van der Waals surface area contributed by atoms with Crippen molar-refractivity contribution in [2.45, 2.75) is 19.4 Å². The third kappa shape index (κ3) is 3.11. The smallest absolute Gasteiger partial charge is 0.0946 e. The van der Waals surface area contributed by atoms with Gasteiger partial charge in [0, 0.05) is 7.05 Å². The van der Waals surface area contributed by atoms with E-state index in [1.54, 1.807) is 12.4 Å². The Morgan fingerprint density at radius 1 is 1.37 bits per heavy atom. The molecule has 0 aliphatic carbocycles. The van der Waals surface area contributed by atoms with Gasteiger partial charge in [-0.2, -0.15) is 0 Å². The Hall–Kier alpha value is -1.03. The van der Waals surface area contributed by atoms with Crippen LogP contribution in [0.15, 0.2) is 30.7 Å². The summed E-state index contributed by atoms with van der Waals surface area (Å²) in [5, 5.41) is 4.66. The zero-order valence-electron chi connectivity index (χ0n) is 11.0. The molecule has 2 rings (SSSR count). The normalized spacial score (nSPS) is 12.6. The van der Waals surface area contributed by atoms with Crippen LogP contribution in [0, 0.1) is 0 Å². The lowest BCUT2D eigenvalue weighted by molar-refractivity contribution is 0.569. The van der Waals surface area contributed by atoms with Crippen LogP contribution in [0.2, 0.25) is 10.0 Å². The SMILES string of the molecule is CCCNC(c1cccc(Cl)c1Cl)c1cncn1C. The molecule has 1 heterocycles. The number of aromatic nitrogens is 2. The van der Waals surface area contributed by atoms with E-state index >= 15 is 0 Å². The lowest BCUT2D eigenvalue weighted by atomic mass is 10.0. The Morgan fingerprint density at radius 3 is 2.79 bits per heavy atom. The Bertz CT molecular complexity index is 551. The molecular formula is C14H17Cl2N3. The van der Waals surface area contributed by atoms with Gasteiger partial charge in [0.15, 0.2) is 0 Å². The molecule has 0 saturated heterocycles. The Balaban J connectivity index is 2.43. The highest BCUT2D eigenvalue weighted by Crippen LogP contribution is 2.32. The molecule has 0 spiro atoms. The minimum atomic E-state index is -0.00125. The summed E-state index contributed by atoms with van der Waals surface area (Å²) in [6.45, 7) is 3.03. The van der Waals surface area contributed by atoms with Crippen molar-refractivity contribution in [2.75, 3.05) is 6.54 Å². The molecule has 0 saturated carbocycles. The van der Waals surface area contributed by atoms with Crippen LogP contribution < -0.4 is 5.32 Å². The molecule has 0 aliphatic rings. The van der Waals surface area contributed by atoms with Crippen molar-refractivity contribution in [3.8, 4) is 0 Å². The number of hydrogen-bond acceptors (Lipinski definition) is 2. The lowest BCUT2D eigenvalue weighted by Gasteiger charge is -2.21. The minimum Gasteiger partial charge on any atom is -0.336 e. The maximum Gasteiger partial charge on any atom is 0.0946 e. The van der Waals surface area contributed by atoms with Crippen molar-refractivity contribution in [1.82, 2.24) is 14.9 Å². The lowest BCUT2D eigenvalue weighted by Crippen LogP contribution is -2.25. The van der Waals surface area contributed by atoms with E-state index in [4.69, 9.17) is 23.2 Å². The predicted octanol–water partition coefficient (Wildman–Crippen LogP) is 3.82. The molecule has 19 heavy (non-hydrogen) atoms. The van der Waals surface area contributed by atoms with Crippen LogP contribution in [0.25, 0.3) is 0 Å². The van der Waals surface area contributed by atoms with E-state index in [0.717, 1.165) is 24.2 Å². The van der Waals surface area contributed by atoms with Gasteiger partial charge in [-0.15, -0.1) is 0 Å². The van der Waals surface area contributed by atoms with Crippen molar-refractivity contribution < 1.29 is 0 Å². The second kappa shape index (κ2) is 6.42. The van der Waals surface area contributed by atoms with Crippen LogP contribution in [0.1, 0.15) is 30.6 Å². The quantitative estimate of drug-likeness (QED) is 0.909. The Labute approximate surface area is 123 Å². The molecule has 3 nitrogen and oxygen atoms in total. The zero-order chi connectivity index (χ0) is 13.8. The molecule has 0 aliphatic heterocycles. The van der Waals surface area contributed by atoms with Gasteiger partial charge in [-0.3, -0.25) is 0 Å². The number of nitrogens with one attached hydrogen (secondary N) is 1. The molecule has 0 radical (unpaired) electrons. The van der Waals surface area contributed by atoms with E-state index in [9.17, 15) is 0 Å². The van der Waals surface area contributed by atoms with E-state index in [-0.39, 0.29) is 6.04 Å². The Kier molecular flexibility index (Phi) is 4.86. The number of nitrogens with zero attached hydrogens (tertiary/aromatic N) is 2. The molecule has 1 atom stereocenters. The number of aryl methyl sites for hydroxylation is 1. The van der Waals surface area contributed by atoms with Gasteiger partial charge < -0.3 is 9.88 Å². The van der Waals surface area contributed by atoms with Gasteiger partial charge >= 0.3 is 0 Å². The van der Waals surface area contributed by atoms with Crippen molar-refractivity contribution in [2.24, 2.45) is 7.05 Å². The molecule has 1 aromatic heterocycles. The van der Waals surface area contributed by atoms with E-state index < -0.39 is 0 Å². The number of rotatable bonds is 5. The number of benzene rings is 1. The molecule has 0 bridgehead atoms. The van der Waals surface area contributed by atoms with Gasteiger partial charge in [0.2, 0.25) is 0 Å². The molecule has 5 heteroatoms. The van der Waals surface area contributed by atoms with E-state index in [0.29, 0.717) is 10.0 Å². The largest absolute Gasteiger partial charge is 0.336 e. The van der Waals surface area contributed by atoms with Gasteiger partial charge in [-0.05, 0) is 24.6 Å². The first kappa shape index (κ1) is 14.4. The first-order chi connectivity index (χ1) is 9.15. The molecule has 2 aromatic rings. The maximum absolute atomic E-state index is 6.33. The summed E-state index contributed by atoms with van der Waals surface area (Å²) < 4.78 is 1.99. The predicted molar refractivity (Wildman–Crippen MR) is 79.8 cm³/mol. The fourth-order valence-electron chi connectivity index (χ4n) is 2.05. The fraction of sp³-hybridized carbons (Fsp3) is 0.357. The highest BCUT2D eigenvalue weighted by atomic mass is 35.5. The van der Waals surface area contributed by atoms with Crippen LogP contribution in [-0.4, -0.2) is 16.1 Å². The maximum atomic E-state index is 6.33. The average Bonchev–Trinajstić information content (AvgIpc) is 2.81. The second-order valence-corrected chi connectivity index (χ2v) is 5.24. The summed E-state index contributed by atoms with van der Waals surface area (Å²) in [6, 6.07) is 5.71. The molecule has 1 aromatic carbocycles. The van der Waals surface area contributed by atoms with Crippen molar-refractivity contribution in [3.05, 3.63) is 52.0 Å². The van der Waals surface area contributed by atoms with Crippen LogP contribution in [0.4, 0.5) is 0 Å². The summed E-state index contributed by atoms with van der Waals surface area (Å²) in [4.78, 5) is 4.18. The molecule has 1 N–H and O–H groups in total. The summed E-state index contributed by atoms with van der Waals surface area (Å²) in [7, 11) is 1.97. The average molecular weight is 298 g/mol. The summed E-state index contributed by atoms with van der Waals surface area (Å²) in [6.07, 6.45) is 4.69. The van der Waals surface area contributed by atoms with Crippen molar-refractivity contribution >= 4 is 23.2 Å². The van der Waals surface area contributed by atoms with Crippen LogP contribution >= 0.6 is 23.2 Å². The first-order valence-corrected chi connectivity index (χ1v) is 7.04. The van der Waals surface area contributed by atoms with Crippen molar-refractivity contribution in [3.63, 3.8) is 0 Å². The van der Waals surface area contributed by atoms with E-state index in [1.165, 1.54) is 0 Å². The molecule has 1 unspecified atom stereocenters. The first-order valence-electron chi connectivity index (χ1n) is 6.28. The highest BCUT2D eigenvalue weighted by molar-refractivity contribution is 6.42. The van der Waals surface area contributed by atoms with E-state index in [2.05, 4.69) is 17.2 Å². The van der Waals surface area contributed by atoms with Crippen molar-refractivity contribution in [1.29, 1.82) is 0 Å². The third-order valence-electron chi connectivity index (χ3n) is 3.04. The van der Waals surface area contributed by atoms with Gasteiger partial charge in [-0.1, -0.05) is 42.3 Å². The van der Waals surface area contributed by atoms with Gasteiger partial charge in [0.25, 0.3) is 0 Å². The monoisotopic (exact) mass is 297 g/mol. The van der Waals surface area contributed by atoms with Gasteiger partial charge in [0.1, 0.15) is 0 Å². The molecular weight excluding hydrogens is 281 g/mol. The van der Waals surface area contributed by atoms with Gasteiger partial charge in [0.05, 0.1) is 34.3 Å². The molecule has 0 amide bonds. The van der Waals surface area contributed by atoms with E-state index in [1.807, 2.05) is 29.9 Å². The summed E-state index contributed by atoms with van der Waals surface area (Å²) in [5.74, 6) is 0. The fourth-order valence-corrected chi connectivity index (χ4v) is 2.47. The molecule has 102 valence electrons. The van der Waals surface area contributed by atoms with Crippen LogP contribution in [0.5, 0.6) is 0 Å². The standard InChI is InChI=1S/C14H17Cl2N3/c1-3-7-18-14(12-8-17-9-19(12)2)10-5-4-6-11(15)13(10)16/h4-6,8-9,14,18H,3,7H2,1-2H3. The third-order valence-corrected chi connectivity index (χ3v) is 3.87. The minimum absolute atomic E-state index is 0.00125. The number of halogens is 2. The van der Waals surface area contributed by atoms with Crippen LogP contribution in [-0.2, 0) is 7.05 Å². The zero-order valence-corrected chi connectivity index (χ0v) is 12.5. The second-order valence-electron chi connectivity index (χ2n) is 4.46. The topological polar surface area (TPSA) is 29.9 Å². The van der Waals surface area contributed by atoms with Crippen LogP contribution in [0.3, 0.4) is 0 Å². The summed E-state index contributed by atoms with van der Waals surface area (Å²) >= 11 is 12.4. The summed E-state index contributed by atoms with van der Waals surface area (Å²) in [5.41, 5.74) is 2.05. The number of hydrogen-bond donors (Lipinski definition) is 1. The molecule has 0 fully saturated rings. The van der Waals surface area contributed by atoms with Gasteiger partial charge in [-0.25, -0.2) is 4.98 Å².